The predicted octanol–water partition coefficient (Wildman–Crippen LogP) is 2.78. The molecule has 1 aromatic carbocycles. The molecule has 1 fully saturated rings. The highest BCUT2D eigenvalue weighted by Gasteiger charge is 2.30. The van der Waals surface area contributed by atoms with Gasteiger partial charge in [0.25, 0.3) is 0 Å². The van der Waals surface area contributed by atoms with Crippen LogP contribution in [0.4, 0.5) is 0 Å². The number of carbonyl (C=O) groups excluding carboxylic acids is 1. The van der Waals surface area contributed by atoms with E-state index >= 15 is 0 Å². The van der Waals surface area contributed by atoms with E-state index in [1.165, 1.54) is 11.8 Å². The summed E-state index contributed by atoms with van der Waals surface area (Å²) in [5.74, 6) is -0.0585. The Balaban J connectivity index is 1.97. The number of benzene rings is 1. The number of hydrogen-bond donors (Lipinski definition) is 1. The minimum atomic E-state index is -3.00. The second kappa shape index (κ2) is 6.77. The first-order valence-electron chi connectivity index (χ1n) is 6.40. The highest BCUT2D eigenvalue weighted by Crippen LogP contribution is 2.36. The first-order valence-corrected chi connectivity index (χ1v) is 9.85. The largest absolute Gasteiger partial charge is 0.351 e. The van der Waals surface area contributed by atoms with E-state index in [1.54, 1.807) is 25.1 Å². The standard InChI is InChI=1S/C13H15Cl2NO3S2/c1-8(20-12-10(14)3-2-4-11(12)15)13(17)16-9-5-6-21(18,19)7-9/h2-4,8-9H,5-7H2,1H3,(H,16,17)/t8-,9+/m0/s1. The molecule has 0 aliphatic carbocycles. The van der Waals surface area contributed by atoms with Crippen molar-refractivity contribution in [3.63, 3.8) is 0 Å². The monoisotopic (exact) mass is 367 g/mol. The number of amides is 1. The Bertz CT molecular complexity index is 629. The maximum absolute atomic E-state index is 12.1. The van der Waals surface area contributed by atoms with Crippen LogP contribution in [0.25, 0.3) is 0 Å². The van der Waals surface area contributed by atoms with Gasteiger partial charge in [-0.3, -0.25) is 4.79 Å². The van der Waals surface area contributed by atoms with E-state index in [0.29, 0.717) is 21.4 Å². The van der Waals surface area contributed by atoms with Crippen molar-refractivity contribution < 1.29 is 13.2 Å². The van der Waals surface area contributed by atoms with E-state index in [2.05, 4.69) is 5.32 Å². The summed E-state index contributed by atoms with van der Waals surface area (Å²) in [4.78, 5) is 12.8. The number of thioether (sulfide) groups is 1. The fraction of sp³-hybridized carbons (Fsp3) is 0.462. The highest BCUT2D eigenvalue weighted by atomic mass is 35.5. The van der Waals surface area contributed by atoms with Gasteiger partial charge in [0.1, 0.15) is 0 Å². The summed E-state index contributed by atoms with van der Waals surface area (Å²) in [5, 5.41) is 3.35. The van der Waals surface area contributed by atoms with E-state index < -0.39 is 15.1 Å². The van der Waals surface area contributed by atoms with Crippen LogP contribution in [0.5, 0.6) is 0 Å². The topological polar surface area (TPSA) is 63.2 Å². The molecule has 0 saturated carbocycles. The minimum Gasteiger partial charge on any atom is -0.351 e. The molecule has 1 N–H and O–H groups in total. The fourth-order valence-corrected chi connectivity index (χ4v) is 5.28. The van der Waals surface area contributed by atoms with Crippen molar-refractivity contribution in [1.29, 1.82) is 0 Å². The van der Waals surface area contributed by atoms with Crippen LogP contribution in [-0.4, -0.2) is 37.1 Å². The Morgan fingerprint density at radius 1 is 1.38 bits per heavy atom. The van der Waals surface area contributed by atoms with Crippen molar-refractivity contribution in [2.45, 2.75) is 29.5 Å². The normalized spacial score (nSPS) is 22.0. The predicted molar refractivity (Wildman–Crippen MR) is 87.0 cm³/mol. The second-order valence-corrected chi connectivity index (χ2v) is 9.31. The van der Waals surface area contributed by atoms with E-state index in [-0.39, 0.29) is 23.5 Å². The van der Waals surface area contributed by atoms with Crippen LogP contribution in [0.15, 0.2) is 23.1 Å². The van der Waals surface area contributed by atoms with Gasteiger partial charge in [-0.25, -0.2) is 8.42 Å². The molecule has 0 radical (unpaired) electrons. The van der Waals surface area contributed by atoms with E-state index in [1.807, 2.05) is 0 Å². The molecule has 1 aromatic rings. The second-order valence-electron chi connectivity index (χ2n) is 4.92. The van der Waals surface area contributed by atoms with E-state index in [0.717, 1.165) is 0 Å². The molecular formula is C13H15Cl2NO3S2. The molecule has 4 nitrogen and oxygen atoms in total. The minimum absolute atomic E-state index is 0.0168. The van der Waals surface area contributed by atoms with Gasteiger partial charge >= 0.3 is 0 Å². The van der Waals surface area contributed by atoms with Crippen molar-refractivity contribution in [2.24, 2.45) is 0 Å². The number of halogens is 2. The zero-order valence-corrected chi connectivity index (χ0v) is 14.5. The van der Waals surface area contributed by atoms with Gasteiger partial charge in [0.15, 0.2) is 9.84 Å². The average Bonchev–Trinajstić information content (AvgIpc) is 2.73. The summed E-state index contributed by atoms with van der Waals surface area (Å²) < 4.78 is 22.8. The Morgan fingerprint density at radius 3 is 2.52 bits per heavy atom. The maximum Gasteiger partial charge on any atom is 0.233 e. The van der Waals surface area contributed by atoms with Crippen LogP contribution in [-0.2, 0) is 14.6 Å². The third-order valence-electron chi connectivity index (χ3n) is 3.16. The third-order valence-corrected chi connectivity index (χ3v) is 7.03. The van der Waals surface area contributed by atoms with E-state index in [9.17, 15) is 13.2 Å². The van der Waals surface area contributed by atoms with Crippen LogP contribution in [0.3, 0.4) is 0 Å². The molecule has 116 valence electrons. The van der Waals surface area contributed by atoms with Crippen molar-refractivity contribution >= 4 is 50.7 Å². The first-order chi connectivity index (χ1) is 9.78. The number of rotatable bonds is 4. The summed E-state index contributed by atoms with van der Waals surface area (Å²) in [5.41, 5.74) is 0. The molecule has 1 aliphatic heterocycles. The summed E-state index contributed by atoms with van der Waals surface area (Å²) in [6.45, 7) is 1.74. The molecule has 21 heavy (non-hydrogen) atoms. The van der Waals surface area contributed by atoms with Crippen molar-refractivity contribution in [1.82, 2.24) is 5.32 Å². The molecule has 0 aromatic heterocycles. The third kappa shape index (κ3) is 4.52. The molecule has 1 heterocycles. The van der Waals surface area contributed by atoms with Gasteiger partial charge in [0, 0.05) is 10.9 Å². The van der Waals surface area contributed by atoms with Gasteiger partial charge in [-0.15, -0.1) is 11.8 Å². The van der Waals surface area contributed by atoms with E-state index in [4.69, 9.17) is 23.2 Å². The van der Waals surface area contributed by atoms with Crippen molar-refractivity contribution in [3.05, 3.63) is 28.2 Å². The van der Waals surface area contributed by atoms with Gasteiger partial charge in [0.2, 0.25) is 5.91 Å². The molecule has 1 saturated heterocycles. The summed E-state index contributed by atoms with van der Waals surface area (Å²) in [6, 6.07) is 4.86. The van der Waals surface area contributed by atoms with Crippen LogP contribution in [0.1, 0.15) is 13.3 Å². The van der Waals surface area contributed by atoms with Gasteiger partial charge < -0.3 is 5.32 Å². The SMILES string of the molecule is C[C@H](Sc1c(Cl)cccc1Cl)C(=O)N[C@@H]1CCS(=O)(=O)C1. The Morgan fingerprint density at radius 2 is 2.00 bits per heavy atom. The molecule has 1 aliphatic rings. The Kier molecular flexibility index (Phi) is 5.46. The van der Waals surface area contributed by atoms with Gasteiger partial charge in [-0.05, 0) is 25.5 Å². The van der Waals surface area contributed by atoms with Crippen LogP contribution < -0.4 is 5.32 Å². The van der Waals surface area contributed by atoms with Crippen LogP contribution in [0, 0.1) is 0 Å². The molecule has 1 amide bonds. The zero-order chi connectivity index (χ0) is 15.6. The molecule has 0 unspecified atom stereocenters. The van der Waals surface area contributed by atoms with Gasteiger partial charge in [0.05, 0.1) is 26.8 Å². The Hall–Kier alpha value is -0.430. The van der Waals surface area contributed by atoms with Crippen molar-refractivity contribution in [3.8, 4) is 0 Å². The summed E-state index contributed by atoms with van der Waals surface area (Å²) in [7, 11) is -3.00. The molecule has 2 rings (SSSR count). The fourth-order valence-electron chi connectivity index (χ4n) is 2.05. The summed E-state index contributed by atoms with van der Waals surface area (Å²) >= 11 is 13.4. The number of sulfone groups is 1. The number of hydrogen-bond acceptors (Lipinski definition) is 4. The lowest BCUT2D eigenvalue weighted by atomic mass is 10.2. The lowest BCUT2D eigenvalue weighted by Gasteiger charge is -2.16. The molecular weight excluding hydrogens is 353 g/mol. The van der Waals surface area contributed by atoms with Gasteiger partial charge in [-0.1, -0.05) is 29.3 Å². The lowest BCUT2D eigenvalue weighted by Crippen LogP contribution is -2.39. The number of carbonyl (C=O) groups is 1. The van der Waals surface area contributed by atoms with Crippen LogP contribution >= 0.6 is 35.0 Å². The molecule has 8 heteroatoms. The highest BCUT2D eigenvalue weighted by molar-refractivity contribution is 8.00. The number of nitrogens with one attached hydrogen (secondary N) is 1. The molecule has 0 bridgehead atoms. The molecule has 2 atom stereocenters. The van der Waals surface area contributed by atoms with Crippen LogP contribution in [0.2, 0.25) is 10.0 Å². The average molecular weight is 368 g/mol. The Labute approximate surface area is 138 Å². The summed E-state index contributed by atoms with van der Waals surface area (Å²) in [6.07, 6.45) is 0.471. The lowest BCUT2D eigenvalue weighted by molar-refractivity contribution is -0.120. The van der Waals surface area contributed by atoms with Crippen molar-refractivity contribution in [2.75, 3.05) is 11.5 Å². The maximum atomic E-state index is 12.1. The smallest absolute Gasteiger partial charge is 0.233 e. The zero-order valence-electron chi connectivity index (χ0n) is 11.3. The molecule has 0 spiro atoms. The quantitative estimate of drug-likeness (QED) is 0.831. The first kappa shape index (κ1) is 16.9. The van der Waals surface area contributed by atoms with Gasteiger partial charge in [-0.2, -0.15) is 0 Å².